The molecule has 2 aliphatic rings. The van der Waals surface area contributed by atoms with Crippen molar-refractivity contribution in [2.75, 3.05) is 26.2 Å². The van der Waals surface area contributed by atoms with Crippen LogP contribution >= 0.6 is 12.4 Å². The van der Waals surface area contributed by atoms with E-state index in [0.29, 0.717) is 19.6 Å². The highest BCUT2D eigenvalue weighted by atomic mass is 35.5. The molecule has 1 N–H and O–H groups in total. The van der Waals surface area contributed by atoms with Gasteiger partial charge in [-0.2, -0.15) is 0 Å². The van der Waals surface area contributed by atoms with Crippen LogP contribution in [0.5, 0.6) is 5.75 Å². The molecule has 2 heterocycles. The van der Waals surface area contributed by atoms with Crippen LogP contribution in [0.4, 0.5) is 4.39 Å². The molecule has 4 rings (SSSR count). The molecular weight excluding hydrogens is 393 g/mol. The molecule has 1 saturated heterocycles. The number of hydrogen-bond donors (Lipinski definition) is 1. The Hall–Kier alpha value is -2.11. The van der Waals surface area contributed by atoms with E-state index in [1.165, 1.54) is 11.6 Å². The Labute approximate surface area is 177 Å². The second-order valence-electron chi connectivity index (χ2n) is 7.98. The van der Waals surface area contributed by atoms with Gasteiger partial charge in [-0.25, -0.2) is 4.39 Å². The van der Waals surface area contributed by atoms with E-state index in [1.807, 2.05) is 12.1 Å². The first-order valence-corrected chi connectivity index (χ1v) is 9.99. The number of aliphatic carboxylic acids is 1. The molecule has 6 heteroatoms. The fraction of sp³-hybridized carbons (Fsp3) is 0.435. The minimum absolute atomic E-state index is 0. The lowest BCUT2D eigenvalue weighted by molar-refractivity contribution is -0.137. The van der Waals surface area contributed by atoms with E-state index in [9.17, 15) is 9.18 Å². The first-order chi connectivity index (χ1) is 13.6. The second-order valence-corrected chi connectivity index (χ2v) is 7.98. The van der Waals surface area contributed by atoms with Gasteiger partial charge in [0, 0.05) is 17.5 Å². The van der Waals surface area contributed by atoms with Gasteiger partial charge in [0.25, 0.3) is 0 Å². The van der Waals surface area contributed by atoms with E-state index in [1.54, 1.807) is 6.07 Å². The van der Waals surface area contributed by atoms with Crippen molar-refractivity contribution in [3.05, 3.63) is 65.0 Å². The quantitative estimate of drug-likeness (QED) is 0.761. The summed E-state index contributed by atoms with van der Waals surface area (Å²) in [5, 5.41) is 8.87. The lowest BCUT2D eigenvalue weighted by atomic mass is 9.74. The predicted molar refractivity (Wildman–Crippen MR) is 113 cm³/mol. The molecule has 0 amide bonds. The first-order valence-electron chi connectivity index (χ1n) is 9.99. The number of piperidine rings is 1. The molecule has 29 heavy (non-hydrogen) atoms. The highest BCUT2D eigenvalue weighted by Gasteiger charge is 2.42. The number of hydrogen-bond acceptors (Lipinski definition) is 3. The summed E-state index contributed by atoms with van der Waals surface area (Å²) in [5.41, 5.74) is 3.24. The van der Waals surface area contributed by atoms with Crippen LogP contribution in [0, 0.1) is 5.82 Å². The van der Waals surface area contributed by atoms with Gasteiger partial charge in [-0.15, -0.1) is 12.4 Å². The van der Waals surface area contributed by atoms with Gasteiger partial charge in [0.1, 0.15) is 11.6 Å². The van der Waals surface area contributed by atoms with Crippen molar-refractivity contribution in [3.63, 3.8) is 0 Å². The van der Waals surface area contributed by atoms with Crippen LogP contribution in [0.3, 0.4) is 0 Å². The monoisotopic (exact) mass is 419 g/mol. The maximum absolute atomic E-state index is 13.8. The number of carbonyl (C=O) groups is 1. The average molecular weight is 420 g/mol. The van der Waals surface area contributed by atoms with E-state index < -0.39 is 5.97 Å². The standard InChI is InChI=1S/C23H26FNO3.ClH/c24-20-4-2-1-3-18(20)7-5-17-6-8-19-21(15-17)28-16-23(19)10-13-25(14-11-23)12-9-22(26)27;/h1-4,6,8,15H,5,7,9-14,16H2,(H,26,27);1H. The van der Waals surface area contributed by atoms with Gasteiger partial charge in [-0.05, 0) is 62.0 Å². The van der Waals surface area contributed by atoms with Gasteiger partial charge in [-0.1, -0.05) is 30.3 Å². The van der Waals surface area contributed by atoms with Crippen molar-refractivity contribution < 1.29 is 19.0 Å². The highest BCUT2D eigenvalue weighted by molar-refractivity contribution is 5.85. The molecule has 2 aliphatic heterocycles. The van der Waals surface area contributed by atoms with Gasteiger partial charge in [0.05, 0.1) is 13.0 Å². The Morgan fingerprint density at radius 2 is 1.90 bits per heavy atom. The SMILES string of the molecule is Cl.O=C(O)CCN1CCC2(CC1)COc1cc(CCc3ccccc3F)ccc12. The zero-order chi connectivity index (χ0) is 19.6. The summed E-state index contributed by atoms with van der Waals surface area (Å²) in [6.07, 6.45) is 3.65. The van der Waals surface area contributed by atoms with E-state index in [2.05, 4.69) is 23.1 Å². The summed E-state index contributed by atoms with van der Waals surface area (Å²) in [5.74, 6) is 0.0799. The maximum Gasteiger partial charge on any atom is 0.304 e. The summed E-state index contributed by atoms with van der Waals surface area (Å²) in [6, 6.07) is 13.4. The fourth-order valence-electron chi connectivity index (χ4n) is 4.43. The molecule has 0 radical (unpaired) electrons. The van der Waals surface area contributed by atoms with Crippen molar-refractivity contribution in [1.82, 2.24) is 4.90 Å². The topological polar surface area (TPSA) is 49.8 Å². The lowest BCUT2D eigenvalue weighted by Gasteiger charge is -2.38. The summed E-state index contributed by atoms with van der Waals surface area (Å²) in [7, 11) is 0. The summed E-state index contributed by atoms with van der Waals surface area (Å²) < 4.78 is 19.9. The molecule has 1 spiro atoms. The molecule has 0 unspecified atom stereocenters. The smallest absolute Gasteiger partial charge is 0.304 e. The van der Waals surface area contributed by atoms with Crippen molar-refractivity contribution >= 4 is 18.4 Å². The van der Waals surface area contributed by atoms with Crippen LogP contribution in [0.1, 0.15) is 36.0 Å². The van der Waals surface area contributed by atoms with Gasteiger partial charge in [0.15, 0.2) is 0 Å². The summed E-state index contributed by atoms with van der Waals surface area (Å²) in [6.45, 7) is 3.14. The normalized spacial score (nSPS) is 17.4. The van der Waals surface area contributed by atoms with Crippen molar-refractivity contribution in [2.45, 2.75) is 37.5 Å². The Morgan fingerprint density at radius 1 is 1.14 bits per heavy atom. The Bertz CT molecular complexity index is 865. The molecule has 0 aromatic heterocycles. The van der Waals surface area contributed by atoms with Crippen LogP contribution in [0.15, 0.2) is 42.5 Å². The number of carboxylic acids is 1. The molecule has 2 aromatic carbocycles. The molecule has 1 fully saturated rings. The van der Waals surface area contributed by atoms with Crippen molar-refractivity contribution in [2.24, 2.45) is 0 Å². The van der Waals surface area contributed by atoms with Gasteiger partial charge >= 0.3 is 5.97 Å². The molecule has 2 aromatic rings. The number of nitrogens with zero attached hydrogens (tertiary/aromatic N) is 1. The number of fused-ring (bicyclic) bond motifs is 2. The van der Waals surface area contributed by atoms with Gasteiger partial charge in [0.2, 0.25) is 0 Å². The zero-order valence-electron chi connectivity index (χ0n) is 16.4. The minimum Gasteiger partial charge on any atom is -0.492 e. The van der Waals surface area contributed by atoms with Crippen LogP contribution in [-0.4, -0.2) is 42.2 Å². The largest absolute Gasteiger partial charge is 0.492 e. The Kier molecular flexibility index (Phi) is 6.81. The number of carboxylic acid groups (broad SMARTS) is 1. The number of aryl methyl sites for hydroxylation is 2. The van der Waals surface area contributed by atoms with Gasteiger partial charge < -0.3 is 14.7 Å². The van der Waals surface area contributed by atoms with E-state index in [-0.39, 0.29) is 30.1 Å². The first kappa shape index (κ1) is 21.6. The zero-order valence-corrected chi connectivity index (χ0v) is 17.2. The number of benzene rings is 2. The molecule has 156 valence electrons. The second kappa shape index (κ2) is 9.14. The summed E-state index contributed by atoms with van der Waals surface area (Å²) >= 11 is 0. The number of ether oxygens (including phenoxy) is 1. The Morgan fingerprint density at radius 3 is 2.62 bits per heavy atom. The third kappa shape index (κ3) is 4.73. The van der Waals surface area contributed by atoms with Crippen LogP contribution in [-0.2, 0) is 23.1 Å². The van der Waals surface area contributed by atoms with Crippen LogP contribution in [0.25, 0.3) is 0 Å². The molecule has 4 nitrogen and oxygen atoms in total. The Balaban J connectivity index is 0.00000240. The number of halogens is 2. The molecule has 0 bridgehead atoms. The number of likely N-dealkylation sites (tertiary alicyclic amines) is 1. The third-order valence-electron chi connectivity index (χ3n) is 6.22. The highest BCUT2D eigenvalue weighted by Crippen LogP contribution is 2.45. The summed E-state index contributed by atoms with van der Waals surface area (Å²) in [4.78, 5) is 13.0. The van der Waals surface area contributed by atoms with Crippen LogP contribution < -0.4 is 4.74 Å². The third-order valence-corrected chi connectivity index (χ3v) is 6.22. The van der Waals surface area contributed by atoms with Crippen molar-refractivity contribution in [3.8, 4) is 5.75 Å². The minimum atomic E-state index is -0.738. The lowest BCUT2D eigenvalue weighted by Crippen LogP contribution is -2.44. The predicted octanol–water partition coefficient (Wildman–Crippen LogP) is 4.23. The van der Waals surface area contributed by atoms with E-state index in [0.717, 1.165) is 49.2 Å². The maximum atomic E-state index is 13.8. The molecular formula is C23H27ClFNO3. The number of rotatable bonds is 6. The van der Waals surface area contributed by atoms with Crippen LogP contribution in [0.2, 0.25) is 0 Å². The van der Waals surface area contributed by atoms with Gasteiger partial charge in [-0.3, -0.25) is 4.79 Å². The molecule has 0 saturated carbocycles. The average Bonchev–Trinajstić information content (AvgIpc) is 3.04. The van der Waals surface area contributed by atoms with E-state index in [4.69, 9.17) is 9.84 Å². The van der Waals surface area contributed by atoms with Crippen molar-refractivity contribution in [1.29, 1.82) is 0 Å². The molecule has 0 aliphatic carbocycles. The molecule has 0 atom stereocenters. The van der Waals surface area contributed by atoms with E-state index >= 15 is 0 Å². The fourth-order valence-corrected chi connectivity index (χ4v) is 4.43.